The zero-order valence-corrected chi connectivity index (χ0v) is 11.4. The first-order valence-electron chi connectivity index (χ1n) is 6.80. The maximum atomic E-state index is 13.4. The quantitative estimate of drug-likeness (QED) is 0.853. The summed E-state index contributed by atoms with van der Waals surface area (Å²) in [4.78, 5) is 0. The summed E-state index contributed by atoms with van der Waals surface area (Å²) in [6, 6.07) is 3.20. The van der Waals surface area contributed by atoms with Crippen molar-refractivity contribution in [2.75, 3.05) is 0 Å². The highest BCUT2D eigenvalue weighted by Crippen LogP contribution is 2.60. The first-order chi connectivity index (χ1) is 8.59. The van der Waals surface area contributed by atoms with E-state index in [1.807, 2.05) is 6.07 Å². The number of hydrogen-bond donors (Lipinski definition) is 1. The summed E-state index contributed by atoms with van der Waals surface area (Å²) >= 11 is 6.15. The minimum absolute atomic E-state index is 0.0232. The third kappa shape index (κ3) is 1.96. The fourth-order valence-corrected chi connectivity index (χ4v) is 4.00. The highest BCUT2D eigenvalue weighted by Gasteiger charge is 2.53. The van der Waals surface area contributed by atoms with Crippen LogP contribution in [0.5, 0.6) is 0 Å². The second kappa shape index (κ2) is 4.50. The topological polar surface area (TPSA) is 26.0 Å². The van der Waals surface area contributed by atoms with E-state index in [1.54, 1.807) is 6.92 Å². The number of hydrogen-bond acceptors (Lipinski definition) is 1. The van der Waals surface area contributed by atoms with Crippen LogP contribution in [0, 0.1) is 30.5 Å². The van der Waals surface area contributed by atoms with Crippen molar-refractivity contribution >= 4 is 11.6 Å². The van der Waals surface area contributed by atoms with E-state index in [0.29, 0.717) is 16.5 Å². The molecular weight excluding hydrogens is 249 g/mol. The largest absolute Gasteiger partial charge is 0.324 e. The van der Waals surface area contributed by atoms with Crippen molar-refractivity contribution in [2.45, 2.75) is 38.6 Å². The van der Waals surface area contributed by atoms with Gasteiger partial charge in [-0.2, -0.15) is 0 Å². The third-order valence-corrected chi connectivity index (χ3v) is 5.10. The molecular formula is C15H19ClFN. The molecule has 0 radical (unpaired) electrons. The van der Waals surface area contributed by atoms with Gasteiger partial charge in [0, 0.05) is 11.1 Å². The van der Waals surface area contributed by atoms with E-state index in [0.717, 1.165) is 17.4 Å². The number of nitrogens with two attached hydrogens (primary N) is 1. The molecule has 2 fully saturated rings. The summed E-state index contributed by atoms with van der Waals surface area (Å²) in [5.41, 5.74) is 7.93. The van der Waals surface area contributed by atoms with Gasteiger partial charge in [-0.25, -0.2) is 4.39 Å². The molecule has 18 heavy (non-hydrogen) atoms. The minimum atomic E-state index is -0.246. The normalized spacial score (nSPS) is 31.9. The maximum Gasteiger partial charge on any atom is 0.127 e. The number of benzene rings is 1. The molecule has 2 aliphatic carbocycles. The molecule has 0 saturated heterocycles. The van der Waals surface area contributed by atoms with Crippen LogP contribution in [0.15, 0.2) is 12.1 Å². The molecule has 2 saturated carbocycles. The molecule has 3 atom stereocenters. The first kappa shape index (κ1) is 12.4. The van der Waals surface area contributed by atoms with Crippen LogP contribution >= 0.6 is 11.6 Å². The van der Waals surface area contributed by atoms with Crippen LogP contribution in [-0.4, -0.2) is 0 Å². The molecule has 0 aromatic heterocycles. The second-order valence-electron chi connectivity index (χ2n) is 5.84. The van der Waals surface area contributed by atoms with Crippen LogP contribution in [0.4, 0.5) is 4.39 Å². The van der Waals surface area contributed by atoms with Gasteiger partial charge >= 0.3 is 0 Å². The Labute approximate surface area is 113 Å². The second-order valence-corrected chi connectivity index (χ2v) is 6.25. The van der Waals surface area contributed by atoms with E-state index >= 15 is 0 Å². The molecule has 0 spiro atoms. The van der Waals surface area contributed by atoms with Gasteiger partial charge in [0.2, 0.25) is 0 Å². The Morgan fingerprint density at radius 1 is 1.28 bits per heavy atom. The van der Waals surface area contributed by atoms with Gasteiger partial charge in [0.05, 0.1) is 0 Å². The molecule has 2 aliphatic rings. The number of rotatable bonds is 2. The highest BCUT2D eigenvalue weighted by atomic mass is 35.5. The minimum Gasteiger partial charge on any atom is -0.324 e. The van der Waals surface area contributed by atoms with Gasteiger partial charge in [-0.1, -0.05) is 30.5 Å². The van der Waals surface area contributed by atoms with Gasteiger partial charge in [0.15, 0.2) is 0 Å². The summed E-state index contributed by atoms with van der Waals surface area (Å²) in [5, 5.41) is 0.481. The molecule has 1 aromatic carbocycles. The smallest absolute Gasteiger partial charge is 0.127 e. The number of halogens is 2. The summed E-state index contributed by atoms with van der Waals surface area (Å²) in [5.74, 6) is 1.89. The Morgan fingerprint density at radius 2 is 1.89 bits per heavy atom. The molecule has 1 aromatic rings. The Bertz CT molecular complexity index is 462. The predicted octanol–water partition coefficient (Wildman–Crippen LogP) is 4.22. The van der Waals surface area contributed by atoms with Crippen LogP contribution in [0.2, 0.25) is 5.02 Å². The van der Waals surface area contributed by atoms with Crippen molar-refractivity contribution in [1.29, 1.82) is 0 Å². The fraction of sp³-hybridized carbons (Fsp3) is 0.600. The summed E-state index contributed by atoms with van der Waals surface area (Å²) in [6.45, 7) is 1.77. The average Bonchev–Trinajstić information content (AvgIpc) is 3.07. The monoisotopic (exact) mass is 267 g/mol. The summed E-state index contributed by atoms with van der Waals surface area (Å²) in [7, 11) is 0. The van der Waals surface area contributed by atoms with E-state index in [2.05, 4.69) is 0 Å². The van der Waals surface area contributed by atoms with Crippen molar-refractivity contribution in [1.82, 2.24) is 0 Å². The van der Waals surface area contributed by atoms with Gasteiger partial charge in [-0.15, -0.1) is 0 Å². The number of fused-ring (bicyclic) bond motifs is 1. The van der Waals surface area contributed by atoms with Crippen molar-refractivity contribution in [3.63, 3.8) is 0 Å². The van der Waals surface area contributed by atoms with E-state index < -0.39 is 0 Å². The molecule has 0 heterocycles. The van der Waals surface area contributed by atoms with E-state index in [9.17, 15) is 4.39 Å². The number of aryl methyl sites for hydroxylation is 1. The van der Waals surface area contributed by atoms with Crippen LogP contribution < -0.4 is 5.73 Å². The summed E-state index contributed by atoms with van der Waals surface area (Å²) < 4.78 is 13.4. The SMILES string of the molecule is Cc1cc(C(N)C2C3CCCCC32)c(Cl)cc1F. The van der Waals surface area contributed by atoms with Crippen LogP contribution in [0.3, 0.4) is 0 Å². The average molecular weight is 268 g/mol. The van der Waals surface area contributed by atoms with E-state index in [-0.39, 0.29) is 11.9 Å². The molecule has 1 nitrogen and oxygen atoms in total. The molecule has 98 valence electrons. The van der Waals surface area contributed by atoms with Gasteiger partial charge < -0.3 is 5.73 Å². The predicted molar refractivity (Wildman–Crippen MR) is 72.0 cm³/mol. The molecule has 2 N–H and O–H groups in total. The summed E-state index contributed by atoms with van der Waals surface area (Å²) in [6.07, 6.45) is 5.28. The lowest BCUT2D eigenvalue weighted by atomic mass is 9.99. The van der Waals surface area contributed by atoms with Crippen LogP contribution in [0.1, 0.15) is 42.9 Å². The van der Waals surface area contributed by atoms with Crippen molar-refractivity contribution < 1.29 is 4.39 Å². The Kier molecular flexibility index (Phi) is 3.11. The van der Waals surface area contributed by atoms with E-state index in [1.165, 1.54) is 31.7 Å². The van der Waals surface area contributed by atoms with Crippen LogP contribution in [-0.2, 0) is 0 Å². The Hall–Kier alpha value is -0.600. The van der Waals surface area contributed by atoms with Gasteiger partial charge in [-0.3, -0.25) is 0 Å². The van der Waals surface area contributed by atoms with E-state index in [4.69, 9.17) is 17.3 Å². The maximum absolute atomic E-state index is 13.4. The third-order valence-electron chi connectivity index (χ3n) is 4.77. The van der Waals surface area contributed by atoms with Gasteiger partial charge in [-0.05, 0) is 54.7 Å². The molecule has 3 heteroatoms. The lowest BCUT2D eigenvalue weighted by Gasteiger charge is -2.15. The molecule has 3 rings (SSSR count). The highest BCUT2D eigenvalue weighted by molar-refractivity contribution is 6.31. The molecule has 0 bridgehead atoms. The Morgan fingerprint density at radius 3 is 2.50 bits per heavy atom. The van der Waals surface area contributed by atoms with Gasteiger partial charge in [0.1, 0.15) is 5.82 Å². The molecule has 0 aliphatic heterocycles. The van der Waals surface area contributed by atoms with Crippen LogP contribution in [0.25, 0.3) is 0 Å². The molecule has 0 amide bonds. The molecule has 3 unspecified atom stereocenters. The Balaban J connectivity index is 1.85. The van der Waals surface area contributed by atoms with Crippen molar-refractivity contribution in [2.24, 2.45) is 23.5 Å². The lowest BCUT2D eigenvalue weighted by Crippen LogP contribution is -2.15. The fourth-order valence-electron chi connectivity index (χ4n) is 3.72. The lowest BCUT2D eigenvalue weighted by molar-refractivity contribution is 0.480. The zero-order valence-electron chi connectivity index (χ0n) is 10.6. The van der Waals surface area contributed by atoms with Gasteiger partial charge in [0.25, 0.3) is 0 Å². The zero-order chi connectivity index (χ0) is 12.9. The first-order valence-corrected chi connectivity index (χ1v) is 7.18. The van der Waals surface area contributed by atoms with Crippen molar-refractivity contribution in [3.8, 4) is 0 Å². The standard InChI is InChI=1S/C15H19ClFN/c1-8-6-11(12(16)7-13(8)17)15(18)14-9-4-2-3-5-10(9)14/h6-7,9-10,14-15H,2-5,18H2,1H3. The van der Waals surface area contributed by atoms with Crippen molar-refractivity contribution in [3.05, 3.63) is 34.1 Å².